The van der Waals surface area contributed by atoms with E-state index in [0.29, 0.717) is 22.3 Å². The summed E-state index contributed by atoms with van der Waals surface area (Å²) in [6.45, 7) is 1.90. The maximum Gasteiger partial charge on any atom is 0.336 e. The number of rotatable bonds is 3. The van der Waals surface area contributed by atoms with Crippen molar-refractivity contribution in [3.63, 3.8) is 0 Å². The van der Waals surface area contributed by atoms with Gasteiger partial charge in [0.25, 0.3) is 0 Å². The molecule has 1 saturated heterocycles. The fourth-order valence-corrected chi connectivity index (χ4v) is 7.97. The number of halogens is 2. The number of carboxylic acid groups (broad SMARTS) is 1. The number of aromatic carboxylic acids is 1. The second-order valence-corrected chi connectivity index (χ2v) is 11.5. The quantitative estimate of drug-likeness (QED) is 0.339. The highest BCUT2D eigenvalue weighted by atomic mass is 79.9. The van der Waals surface area contributed by atoms with Gasteiger partial charge in [0.1, 0.15) is 0 Å². The van der Waals surface area contributed by atoms with Gasteiger partial charge >= 0.3 is 5.97 Å². The van der Waals surface area contributed by atoms with Crippen molar-refractivity contribution in [2.45, 2.75) is 23.0 Å². The molecule has 34 heavy (non-hydrogen) atoms. The summed E-state index contributed by atoms with van der Waals surface area (Å²) in [6.07, 6.45) is 0.893. The molecule has 1 aliphatic heterocycles. The van der Waals surface area contributed by atoms with Gasteiger partial charge in [0.15, 0.2) is 0 Å². The number of nitrogens with zero attached hydrogens (tertiary/aromatic N) is 2. The Morgan fingerprint density at radius 1 is 1.00 bits per heavy atom. The molecule has 1 aromatic heterocycles. The first kappa shape index (κ1) is 21.9. The number of pyridine rings is 1. The van der Waals surface area contributed by atoms with Crippen LogP contribution in [0.15, 0.2) is 48.5 Å². The van der Waals surface area contributed by atoms with E-state index in [2.05, 4.69) is 31.9 Å². The fourth-order valence-electron chi connectivity index (χ4n) is 6.10. The van der Waals surface area contributed by atoms with Gasteiger partial charge in [-0.1, -0.05) is 62.2 Å². The molecule has 6 unspecified atom stereocenters. The molecule has 2 aromatic carbocycles. The summed E-state index contributed by atoms with van der Waals surface area (Å²) in [7, 11) is 0. The molecular formula is C26H20Br2N2O4. The van der Waals surface area contributed by atoms with Gasteiger partial charge in [-0.25, -0.2) is 9.78 Å². The summed E-state index contributed by atoms with van der Waals surface area (Å²) >= 11 is 7.43. The van der Waals surface area contributed by atoms with E-state index < -0.39 is 5.97 Å². The van der Waals surface area contributed by atoms with Gasteiger partial charge in [0.2, 0.25) is 11.8 Å². The molecule has 6 atom stereocenters. The summed E-state index contributed by atoms with van der Waals surface area (Å²) < 4.78 is 0. The fraction of sp³-hybridized carbons (Fsp3) is 0.308. The molecule has 2 bridgehead atoms. The first-order valence-corrected chi connectivity index (χ1v) is 13.0. The predicted molar refractivity (Wildman–Crippen MR) is 135 cm³/mol. The number of alkyl halides is 2. The van der Waals surface area contributed by atoms with Crippen molar-refractivity contribution in [2.75, 3.05) is 4.90 Å². The maximum atomic E-state index is 13.3. The van der Waals surface area contributed by atoms with Crippen LogP contribution in [0.5, 0.6) is 0 Å². The molecule has 6 rings (SSSR count). The number of anilines is 1. The van der Waals surface area contributed by atoms with Crippen LogP contribution >= 0.6 is 31.9 Å². The largest absolute Gasteiger partial charge is 0.478 e. The predicted octanol–water partition coefficient (Wildman–Crippen LogP) is 5.19. The van der Waals surface area contributed by atoms with Crippen LogP contribution in [-0.2, 0) is 9.59 Å². The van der Waals surface area contributed by atoms with E-state index in [1.54, 1.807) is 36.4 Å². The molecule has 0 spiro atoms. The molecule has 2 saturated carbocycles. The number of carbonyl (C=O) groups is 3. The topological polar surface area (TPSA) is 87.6 Å². The summed E-state index contributed by atoms with van der Waals surface area (Å²) in [5.41, 5.74) is 3.52. The first-order valence-electron chi connectivity index (χ1n) is 11.2. The zero-order valence-electron chi connectivity index (χ0n) is 18.1. The number of benzene rings is 2. The molecule has 3 aromatic rings. The maximum absolute atomic E-state index is 13.3. The minimum Gasteiger partial charge on any atom is -0.478 e. The van der Waals surface area contributed by atoms with E-state index >= 15 is 0 Å². The number of aromatic nitrogens is 1. The summed E-state index contributed by atoms with van der Waals surface area (Å²) in [5.74, 6) is -1.45. The summed E-state index contributed by atoms with van der Waals surface area (Å²) in [6, 6.07) is 14.1. The van der Waals surface area contributed by atoms with Crippen LogP contribution in [0.4, 0.5) is 5.69 Å². The second-order valence-electron chi connectivity index (χ2n) is 9.39. The lowest BCUT2D eigenvalue weighted by Crippen LogP contribution is -2.37. The number of imide groups is 1. The lowest BCUT2D eigenvalue weighted by Gasteiger charge is -2.28. The van der Waals surface area contributed by atoms with Crippen LogP contribution < -0.4 is 4.90 Å². The third-order valence-electron chi connectivity index (χ3n) is 7.68. The number of aryl methyl sites for hydroxylation is 1. The zero-order chi connectivity index (χ0) is 23.9. The van der Waals surface area contributed by atoms with E-state index in [0.717, 1.165) is 17.5 Å². The van der Waals surface area contributed by atoms with Crippen molar-refractivity contribution in [1.29, 1.82) is 0 Å². The van der Waals surface area contributed by atoms with E-state index in [1.807, 2.05) is 19.1 Å². The van der Waals surface area contributed by atoms with Crippen molar-refractivity contribution >= 4 is 66.2 Å². The van der Waals surface area contributed by atoms with Gasteiger partial charge in [-0.2, -0.15) is 0 Å². The van der Waals surface area contributed by atoms with Gasteiger partial charge in [0.05, 0.1) is 34.3 Å². The van der Waals surface area contributed by atoms with Gasteiger partial charge < -0.3 is 5.11 Å². The van der Waals surface area contributed by atoms with E-state index in [-0.39, 0.29) is 50.7 Å². The van der Waals surface area contributed by atoms with Crippen LogP contribution in [0.3, 0.4) is 0 Å². The number of hydrogen-bond acceptors (Lipinski definition) is 4. The highest BCUT2D eigenvalue weighted by Crippen LogP contribution is 2.60. The second kappa shape index (κ2) is 7.71. The number of amides is 2. The minimum absolute atomic E-state index is 0.119. The molecule has 0 radical (unpaired) electrons. The Bertz CT molecular complexity index is 1360. The van der Waals surface area contributed by atoms with Crippen molar-refractivity contribution in [3.8, 4) is 11.3 Å². The summed E-state index contributed by atoms with van der Waals surface area (Å²) in [4.78, 5) is 44.9. The van der Waals surface area contributed by atoms with Crippen LogP contribution in [0, 0.1) is 30.6 Å². The van der Waals surface area contributed by atoms with Gasteiger partial charge in [-0.05, 0) is 48.9 Å². The molecule has 8 heteroatoms. The zero-order valence-corrected chi connectivity index (χ0v) is 21.3. The normalized spacial score (nSPS) is 29.8. The molecule has 3 fully saturated rings. The van der Waals surface area contributed by atoms with Gasteiger partial charge in [-0.3, -0.25) is 14.5 Å². The number of carboxylic acids is 1. The highest BCUT2D eigenvalue weighted by Gasteiger charge is 2.66. The Labute approximate surface area is 212 Å². The van der Waals surface area contributed by atoms with E-state index in [4.69, 9.17) is 4.98 Å². The Morgan fingerprint density at radius 2 is 1.62 bits per heavy atom. The Hall–Kier alpha value is -2.58. The average Bonchev–Trinajstić information content (AvgIpc) is 3.43. The third kappa shape index (κ3) is 2.97. The molecule has 1 N–H and O–H groups in total. The van der Waals surface area contributed by atoms with Gasteiger partial charge in [0, 0.05) is 20.6 Å². The number of para-hydroxylation sites is 1. The molecule has 2 amide bonds. The standard InChI is InChI=1S/C26H20Br2N2O4/c1-11-3-2-4-14-15(26(33)34)10-18(29-23(11)14)12-5-7-13(8-6-12)30-24(31)19-16-9-17(20(19)25(30)32)22(28)21(16)27/h2-8,10,16-17,19-22H,9H2,1H3,(H,33,34). The van der Waals surface area contributed by atoms with Crippen molar-refractivity contribution in [3.05, 3.63) is 59.7 Å². The summed E-state index contributed by atoms with van der Waals surface area (Å²) in [5, 5.41) is 10.3. The Morgan fingerprint density at radius 3 is 2.21 bits per heavy atom. The molecular weight excluding hydrogens is 564 g/mol. The molecule has 172 valence electrons. The number of fused-ring (bicyclic) bond motifs is 6. The van der Waals surface area contributed by atoms with Crippen LogP contribution in [0.25, 0.3) is 22.2 Å². The van der Waals surface area contributed by atoms with Crippen molar-refractivity contribution < 1.29 is 19.5 Å². The third-order valence-corrected chi connectivity index (χ3v) is 10.9. The smallest absolute Gasteiger partial charge is 0.336 e. The van der Waals surface area contributed by atoms with Crippen LogP contribution in [-0.4, -0.2) is 37.5 Å². The highest BCUT2D eigenvalue weighted by molar-refractivity contribution is 9.12. The lowest BCUT2D eigenvalue weighted by molar-refractivity contribution is -0.123. The average molecular weight is 584 g/mol. The number of hydrogen-bond donors (Lipinski definition) is 1. The molecule has 2 aliphatic carbocycles. The van der Waals surface area contributed by atoms with Crippen molar-refractivity contribution in [2.24, 2.45) is 23.7 Å². The lowest BCUT2D eigenvalue weighted by atomic mass is 9.81. The molecule has 3 aliphatic rings. The Balaban J connectivity index is 1.36. The van der Waals surface area contributed by atoms with Crippen LogP contribution in [0.1, 0.15) is 22.3 Å². The monoisotopic (exact) mass is 582 g/mol. The Kier molecular flexibility index (Phi) is 4.97. The van der Waals surface area contributed by atoms with Crippen molar-refractivity contribution in [1.82, 2.24) is 4.98 Å². The van der Waals surface area contributed by atoms with Gasteiger partial charge in [-0.15, -0.1) is 0 Å². The van der Waals surface area contributed by atoms with E-state index in [1.165, 1.54) is 4.90 Å². The van der Waals surface area contributed by atoms with E-state index in [9.17, 15) is 19.5 Å². The minimum atomic E-state index is -1.01. The number of carbonyl (C=O) groups excluding carboxylic acids is 2. The SMILES string of the molecule is Cc1cccc2c(C(=O)O)cc(-c3ccc(N4C(=O)C5C6CC(C(Br)C6Br)C5C4=O)cc3)nc12. The first-order chi connectivity index (χ1) is 16.3. The molecule has 2 heterocycles. The van der Waals surface area contributed by atoms with Crippen LogP contribution in [0.2, 0.25) is 0 Å². The molecule has 6 nitrogen and oxygen atoms in total.